The van der Waals surface area contributed by atoms with Crippen LogP contribution < -0.4 is 0 Å². The van der Waals surface area contributed by atoms with Gasteiger partial charge in [0.15, 0.2) is 5.82 Å². The summed E-state index contributed by atoms with van der Waals surface area (Å²) in [6.45, 7) is 0.380. The SMILES string of the molecule is Oc1ccccc1/C=N/n1c(Cn2cncn2)n[nH]c1=S. The summed E-state index contributed by atoms with van der Waals surface area (Å²) in [5.41, 5.74) is 0.590. The highest BCUT2D eigenvalue weighted by Gasteiger charge is 2.06. The Hall–Kier alpha value is -2.81. The Bertz CT molecular complexity index is 818. The van der Waals surface area contributed by atoms with Crippen LogP contribution in [0.25, 0.3) is 0 Å². The van der Waals surface area contributed by atoms with Gasteiger partial charge in [-0.25, -0.2) is 9.67 Å². The maximum Gasteiger partial charge on any atom is 0.216 e. The second-order valence-corrected chi connectivity index (χ2v) is 4.54. The van der Waals surface area contributed by atoms with E-state index in [0.717, 1.165) is 0 Å². The molecule has 0 fully saturated rings. The second kappa shape index (κ2) is 5.67. The van der Waals surface area contributed by atoms with Crippen molar-refractivity contribution < 1.29 is 5.11 Å². The summed E-state index contributed by atoms with van der Waals surface area (Å²) in [6.07, 6.45) is 4.54. The molecule has 3 rings (SSSR count). The molecule has 0 atom stereocenters. The van der Waals surface area contributed by atoms with E-state index in [0.29, 0.717) is 22.7 Å². The minimum absolute atomic E-state index is 0.147. The average molecular weight is 301 g/mol. The van der Waals surface area contributed by atoms with Crippen molar-refractivity contribution in [2.45, 2.75) is 6.54 Å². The molecular weight excluding hydrogens is 290 g/mol. The van der Waals surface area contributed by atoms with Gasteiger partial charge in [-0.3, -0.25) is 5.10 Å². The topological polar surface area (TPSA) is 96.9 Å². The third-order valence-corrected chi connectivity index (χ3v) is 3.00. The number of H-pyrrole nitrogens is 1. The first-order valence-electron chi connectivity index (χ1n) is 6.05. The molecule has 8 nitrogen and oxygen atoms in total. The van der Waals surface area contributed by atoms with E-state index in [4.69, 9.17) is 12.2 Å². The fraction of sp³-hybridized carbons (Fsp3) is 0.0833. The minimum atomic E-state index is 0.147. The van der Waals surface area contributed by atoms with E-state index in [-0.39, 0.29) is 5.75 Å². The number of hydrogen-bond donors (Lipinski definition) is 2. The molecule has 0 aliphatic rings. The van der Waals surface area contributed by atoms with Crippen molar-refractivity contribution in [2.75, 3.05) is 0 Å². The van der Waals surface area contributed by atoms with Crippen molar-refractivity contribution in [2.24, 2.45) is 5.10 Å². The normalized spacial score (nSPS) is 11.2. The van der Waals surface area contributed by atoms with Gasteiger partial charge in [0.05, 0.1) is 6.21 Å². The lowest BCUT2D eigenvalue weighted by Crippen LogP contribution is -2.06. The van der Waals surface area contributed by atoms with Gasteiger partial charge in [-0.1, -0.05) is 12.1 Å². The molecule has 0 unspecified atom stereocenters. The summed E-state index contributed by atoms with van der Waals surface area (Å²) in [4.78, 5) is 3.87. The van der Waals surface area contributed by atoms with Crippen LogP contribution >= 0.6 is 12.2 Å². The Morgan fingerprint density at radius 1 is 1.38 bits per heavy atom. The Kier molecular flexibility index (Phi) is 3.56. The lowest BCUT2D eigenvalue weighted by atomic mass is 10.2. The highest BCUT2D eigenvalue weighted by Crippen LogP contribution is 2.13. The molecular formula is C12H11N7OS. The van der Waals surface area contributed by atoms with Crippen LogP contribution in [0.5, 0.6) is 5.75 Å². The molecule has 2 heterocycles. The monoisotopic (exact) mass is 301 g/mol. The Balaban J connectivity index is 1.90. The van der Waals surface area contributed by atoms with Crippen LogP contribution in [-0.4, -0.2) is 41.0 Å². The van der Waals surface area contributed by atoms with Gasteiger partial charge in [0.1, 0.15) is 24.9 Å². The van der Waals surface area contributed by atoms with Crippen LogP contribution in [0, 0.1) is 4.77 Å². The molecule has 0 bridgehead atoms. The van der Waals surface area contributed by atoms with Gasteiger partial charge in [0.25, 0.3) is 0 Å². The summed E-state index contributed by atoms with van der Waals surface area (Å²) < 4.78 is 3.44. The summed E-state index contributed by atoms with van der Waals surface area (Å²) >= 11 is 5.14. The van der Waals surface area contributed by atoms with E-state index in [1.807, 2.05) is 6.07 Å². The number of para-hydroxylation sites is 1. The smallest absolute Gasteiger partial charge is 0.216 e. The number of aromatic nitrogens is 6. The highest BCUT2D eigenvalue weighted by atomic mass is 32.1. The Labute approximate surface area is 124 Å². The van der Waals surface area contributed by atoms with Gasteiger partial charge in [0.2, 0.25) is 4.77 Å². The first-order valence-corrected chi connectivity index (χ1v) is 6.46. The molecule has 0 saturated carbocycles. The van der Waals surface area contributed by atoms with Gasteiger partial charge in [0, 0.05) is 5.56 Å². The van der Waals surface area contributed by atoms with Gasteiger partial charge in [-0.15, -0.1) is 0 Å². The summed E-state index contributed by atoms with van der Waals surface area (Å²) in [5, 5.41) is 24.8. The van der Waals surface area contributed by atoms with Crippen LogP contribution in [0.4, 0.5) is 0 Å². The minimum Gasteiger partial charge on any atom is -0.507 e. The van der Waals surface area contributed by atoms with Crippen LogP contribution in [0.2, 0.25) is 0 Å². The number of aromatic amines is 1. The first-order chi connectivity index (χ1) is 10.2. The molecule has 0 aliphatic carbocycles. The van der Waals surface area contributed by atoms with Crippen molar-refractivity contribution >= 4 is 18.4 Å². The predicted octanol–water partition coefficient (Wildman–Crippen LogP) is 1.17. The van der Waals surface area contributed by atoms with Crippen LogP contribution in [0.15, 0.2) is 42.0 Å². The molecule has 9 heteroatoms. The van der Waals surface area contributed by atoms with Gasteiger partial charge in [-0.2, -0.15) is 20.0 Å². The van der Waals surface area contributed by atoms with E-state index in [2.05, 4.69) is 25.4 Å². The fourth-order valence-corrected chi connectivity index (χ4v) is 1.92. The summed E-state index contributed by atoms with van der Waals surface area (Å²) in [7, 11) is 0. The van der Waals surface area contributed by atoms with Gasteiger partial charge < -0.3 is 5.11 Å². The van der Waals surface area contributed by atoms with Crippen LogP contribution in [-0.2, 0) is 6.54 Å². The highest BCUT2D eigenvalue weighted by molar-refractivity contribution is 7.71. The Morgan fingerprint density at radius 3 is 3.00 bits per heavy atom. The molecule has 0 spiro atoms. The van der Waals surface area contributed by atoms with E-state index >= 15 is 0 Å². The zero-order valence-corrected chi connectivity index (χ0v) is 11.6. The van der Waals surface area contributed by atoms with E-state index in [1.165, 1.54) is 17.2 Å². The fourth-order valence-electron chi connectivity index (χ4n) is 1.72. The first kappa shape index (κ1) is 13.2. The number of aromatic hydroxyl groups is 1. The van der Waals surface area contributed by atoms with Gasteiger partial charge >= 0.3 is 0 Å². The zero-order valence-electron chi connectivity index (χ0n) is 10.8. The van der Waals surface area contributed by atoms with Crippen LogP contribution in [0.1, 0.15) is 11.4 Å². The van der Waals surface area contributed by atoms with Crippen molar-refractivity contribution in [3.63, 3.8) is 0 Å². The molecule has 3 aromatic rings. The van der Waals surface area contributed by atoms with Crippen molar-refractivity contribution in [3.05, 3.63) is 53.1 Å². The maximum atomic E-state index is 9.71. The molecule has 0 saturated heterocycles. The van der Waals surface area contributed by atoms with Crippen molar-refractivity contribution in [1.82, 2.24) is 29.6 Å². The number of nitrogens with one attached hydrogen (secondary N) is 1. The lowest BCUT2D eigenvalue weighted by Gasteiger charge is -2.01. The van der Waals surface area contributed by atoms with Gasteiger partial charge in [-0.05, 0) is 24.4 Å². The number of hydrogen-bond acceptors (Lipinski definition) is 6. The number of phenolic OH excluding ortho intramolecular Hbond substituents is 1. The molecule has 21 heavy (non-hydrogen) atoms. The molecule has 2 aromatic heterocycles. The zero-order chi connectivity index (χ0) is 14.7. The number of rotatable bonds is 4. The second-order valence-electron chi connectivity index (χ2n) is 4.15. The molecule has 0 radical (unpaired) electrons. The van der Waals surface area contributed by atoms with E-state index in [1.54, 1.807) is 29.2 Å². The number of phenols is 1. The predicted molar refractivity (Wildman–Crippen MR) is 77.6 cm³/mol. The number of benzene rings is 1. The standard InChI is InChI=1S/C12H11N7OS/c20-10-4-2-1-3-9(10)5-14-19-11(16-17-12(19)21)6-18-8-13-7-15-18/h1-5,7-8,20H,6H2,(H,17,21)/b14-5+. The van der Waals surface area contributed by atoms with Crippen LogP contribution in [0.3, 0.4) is 0 Å². The summed E-state index contributed by atoms with van der Waals surface area (Å²) in [6, 6.07) is 6.89. The molecule has 0 amide bonds. The van der Waals surface area contributed by atoms with Crippen molar-refractivity contribution in [1.29, 1.82) is 0 Å². The Morgan fingerprint density at radius 2 is 2.24 bits per heavy atom. The maximum absolute atomic E-state index is 9.71. The lowest BCUT2D eigenvalue weighted by molar-refractivity contribution is 0.474. The van der Waals surface area contributed by atoms with E-state index < -0.39 is 0 Å². The average Bonchev–Trinajstić information content (AvgIpc) is 3.10. The molecule has 2 N–H and O–H groups in total. The number of nitrogens with zero attached hydrogens (tertiary/aromatic N) is 6. The third kappa shape index (κ3) is 2.87. The van der Waals surface area contributed by atoms with E-state index in [9.17, 15) is 5.11 Å². The molecule has 0 aliphatic heterocycles. The molecule has 106 valence electrons. The summed E-state index contributed by atoms with van der Waals surface area (Å²) in [5.74, 6) is 0.728. The largest absolute Gasteiger partial charge is 0.507 e. The van der Waals surface area contributed by atoms with Crippen molar-refractivity contribution in [3.8, 4) is 5.75 Å². The molecule has 1 aromatic carbocycles. The quantitative estimate of drug-likeness (QED) is 0.557. The third-order valence-electron chi connectivity index (χ3n) is 2.74.